The third kappa shape index (κ3) is 6.19. The summed E-state index contributed by atoms with van der Waals surface area (Å²) in [7, 11) is -1.06. The van der Waals surface area contributed by atoms with Crippen LogP contribution in [0, 0.1) is 0 Å². The summed E-state index contributed by atoms with van der Waals surface area (Å²) in [4.78, 5) is 0. The predicted octanol–water partition coefficient (Wildman–Crippen LogP) is 2.28. The van der Waals surface area contributed by atoms with Crippen LogP contribution in [0.1, 0.15) is 0 Å². The molecular weight excluding hydrogens is 127 g/mol. The van der Waals surface area contributed by atoms with Gasteiger partial charge in [-0.3, -0.25) is 0 Å². The highest BCUT2D eigenvalue weighted by atomic mass is 32.2. The fourth-order valence-electron chi connectivity index (χ4n) is 0.147. The van der Waals surface area contributed by atoms with E-state index in [0.29, 0.717) is 0 Å². The zero-order chi connectivity index (χ0) is 5.70. The van der Waals surface area contributed by atoms with E-state index in [1.54, 1.807) is 24.2 Å². The van der Waals surface area contributed by atoms with E-state index < -0.39 is 7.80 Å². The minimum absolute atomic E-state index is 1.06. The maximum Gasteiger partial charge on any atom is 0.366 e. The maximum absolute atomic E-state index is 10.3. The summed E-state index contributed by atoms with van der Waals surface area (Å²) in [6.45, 7) is 1.68. The smallest absolute Gasteiger partial charge is 0.134 e. The molecular formula is C4H8OPS+. The fourth-order valence-corrected chi connectivity index (χ4v) is 1.32. The zero-order valence-corrected chi connectivity index (χ0v) is 6.13. The monoisotopic (exact) mass is 135 g/mol. The van der Waals surface area contributed by atoms with Gasteiger partial charge in [-0.25, -0.2) is 0 Å². The molecule has 0 saturated heterocycles. The van der Waals surface area contributed by atoms with E-state index in [4.69, 9.17) is 0 Å². The van der Waals surface area contributed by atoms with E-state index in [9.17, 15) is 4.57 Å². The third-order valence-corrected chi connectivity index (χ3v) is 1.59. The molecule has 0 aromatic carbocycles. The van der Waals surface area contributed by atoms with Crippen LogP contribution in [0.5, 0.6) is 0 Å². The third-order valence-electron chi connectivity index (χ3n) is 0.407. The van der Waals surface area contributed by atoms with Crippen molar-refractivity contribution in [2.75, 3.05) is 12.9 Å². The molecule has 1 nitrogen and oxygen atoms in total. The van der Waals surface area contributed by atoms with Crippen LogP contribution in [0.25, 0.3) is 0 Å². The summed E-state index contributed by atoms with van der Waals surface area (Å²) in [5.74, 6) is 1.69. The van der Waals surface area contributed by atoms with Crippen molar-refractivity contribution in [2.24, 2.45) is 0 Å². The summed E-state index contributed by atoms with van der Waals surface area (Å²) in [6, 6.07) is 0. The summed E-state index contributed by atoms with van der Waals surface area (Å²) in [5, 5.41) is 1.83. The first-order chi connectivity index (χ1) is 3.27. The van der Waals surface area contributed by atoms with Crippen molar-refractivity contribution in [3.8, 4) is 0 Å². The standard InChI is InChI=1S/C4H8OPS/c1-6(5)3-4-7-2/h3-4H,1-2H3/q+1. The minimum atomic E-state index is -1.06. The minimum Gasteiger partial charge on any atom is -0.134 e. The Morgan fingerprint density at radius 1 is 1.71 bits per heavy atom. The summed E-state index contributed by atoms with van der Waals surface area (Å²) in [6.07, 6.45) is 1.94. The maximum atomic E-state index is 10.3. The lowest BCUT2D eigenvalue weighted by Crippen LogP contribution is -1.42. The Labute approximate surface area is 49.0 Å². The Morgan fingerprint density at radius 2 is 2.29 bits per heavy atom. The molecule has 7 heavy (non-hydrogen) atoms. The highest BCUT2D eigenvalue weighted by molar-refractivity contribution is 8.01. The van der Waals surface area contributed by atoms with Crippen molar-refractivity contribution in [1.29, 1.82) is 0 Å². The van der Waals surface area contributed by atoms with Gasteiger partial charge < -0.3 is 0 Å². The molecule has 40 valence electrons. The molecule has 0 aromatic rings. The van der Waals surface area contributed by atoms with E-state index in [0.717, 1.165) is 0 Å². The van der Waals surface area contributed by atoms with E-state index in [1.807, 2.05) is 11.7 Å². The molecule has 0 rings (SSSR count). The van der Waals surface area contributed by atoms with Gasteiger partial charge in [0.05, 0.1) is 0 Å². The second kappa shape index (κ2) is 4.35. The average molecular weight is 135 g/mol. The second-order valence-corrected chi connectivity index (χ2v) is 3.20. The van der Waals surface area contributed by atoms with Gasteiger partial charge in [0.1, 0.15) is 6.66 Å². The topological polar surface area (TPSA) is 17.1 Å². The summed E-state index contributed by atoms with van der Waals surface area (Å²) in [5.41, 5.74) is 0. The van der Waals surface area contributed by atoms with Crippen molar-refractivity contribution >= 4 is 19.6 Å². The van der Waals surface area contributed by atoms with Gasteiger partial charge in [-0.1, -0.05) is 4.57 Å². The second-order valence-electron chi connectivity index (χ2n) is 1.07. The first-order valence-electron chi connectivity index (χ1n) is 1.87. The number of thioether (sulfide) groups is 1. The predicted molar refractivity (Wildman–Crippen MR) is 36.2 cm³/mol. The molecule has 0 aliphatic carbocycles. The van der Waals surface area contributed by atoms with Gasteiger partial charge in [-0.2, -0.15) is 0 Å². The Hall–Kier alpha value is 0.190. The van der Waals surface area contributed by atoms with Gasteiger partial charge in [-0.05, 0) is 6.26 Å². The van der Waals surface area contributed by atoms with Crippen LogP contribution in [0.4, 0.5) is 0 Å². The van der Waals surface area contributed by atoms with Crippen LogP contribution in [0.15, 0.2) is 11.2 Å². The van der Waals surface area contributed by atoms with Crippen LogP contribution in [0.2, 0.25) is 0 Å². The first-order valence-corrected chi connectivity index (χ1v) is 4.93. The van der Waals surface area contributed by atoms with Crippen molar-refractivity contribution in [2.45, 2.75) is 0 Å². The van der Waals surface area contributed by atoms with Crippen molar-refractivity contribution in [1.82, 2.24) is 0 Å². The molecule has 0 fully saturated rings. The highest BCUT2D eigenvalue weighted by Crippen LogP contribution is 2.16. The van der Waals surface area contributed by atoms with Crippen molar-refractivity contribution in [3.05, 3.63) is 11.2 Å². The molecule has 0 N–H and O–H groups in total. The average Bonchev–Trinajstić information content (AvgIpc) is 1.61. The van der Waals surface area contributed by atoms with Gasteiger partial charge in [0.25, 0.3) is 0 Å². The van der Waals surface area contributed by atoms with E-state index in [2.05, 4.69) is 0 Å². The lowest BCUT2D eigenvalue weighted by Gasteiger charge is -1.64. The summed E-state index contributed by atoms with van der Waals surface area (Å²) < 4.78 is 10.3. The van der Waals surface area contributed by atoms with Crippen LogP contribution in [-0.2, 0) is 4.57 Å². The molecule has 0 aliphatic rings. The van der Waals surface area contributed by atoms with Crippen LogP contribution in [0.3, 0.4) is 0 Å². The molecule has 0 amide bonds. The molecule has 1 atom stereocenters. The molecule has 0 bridgehead atoms. The Kier molecular flexibility index (Phi) is 4.47. The molecule has 0 saturated carbocycles. The number of hydrogen-bond donors (Lipinski definition) is 0. The SMILES string of the molecule is CSC=C[P+](C)=O. The lowest BCUT2D eigenvalue weighted by molar-refractivity contribution is 0.596. The van der Waals surface area contributed by atoms with Crippen LogP contribution in [-0.4, -0.2) is 12.9 Å². The number of rotatable bonds is 2. The van der Waals surface area contributed by atoms with Crippen LogP contribution < -0.4 is 0 Å². The molecule has 0 spiro atoms. The Balaban J connectivity index is 3.26. The van der Waals surface area contributed by atoms with Crippen LogP contribution >= 0.6 is 19.6 Å². The molecule has 1 unspecified atom stereocenters. The van der Waals surface area contributed by atoms with Gasteiger partial charge in [-0.15, -0.1) is 11.8 Å². The molecule has 0 aliphatic heterocycles. The number of hydrogen-bond acceptors (Lipinski definition) is 2. The Bertz CT molecular complexity index is 89.7. The quantitative estimate of drug-likeness (QED) is 0.540. The molecule has 0 aromatic heterocycles. The highest BCUT2D eigenvalue weighted by Gasteiger charge is 1.92. The first kappa shape index (κ1) is 7.19. The van der Waals surface area contributed by atoms with Gasteiger partial charge in [0, 0.05) is 5.41 Å². The normalized spacial score (nSPS) is 12.6. The van der Waals surface area contributed by atoms with E-state index in [1.165, 1.54) is 0 Å². The van der Waals surface area contributed by atoms with Crippen molar-refractivity contribution in [3.63, 3.8) is 0 Å². The van der Waals surface area contributed by atoms with Gasteiger partial charge in [0.2, 0.25) is 0 Å². The van der Waals surface area contributed by atoms with Gasteiger partial charge in [0.15, 0.2) is 5.82 Å². The zero-order valence-electron chi connectivity index (χ0n) is 4.42. The van der Waals surface area contributed by atoms with Crippen molar-refractivity contribution < 1.29 is 4.57 Å². The Morgan fingerprint density at radius 3 is 2.43 bits per heavy atom. The largest absolute Gasteiger partial charge is 0.366 e. The molecule has 0 radical (unpaired) electrons. The van der Waals surface area contributed by atoms with E-state index >= 15 is 0 Å². The summed E-state index contributed by atoms with van der Waals surface area (Å²) >= 11 is 1.57. The molecule has 0 heterocycles. The fraction of sp³-hybridized carbons (Fsp3) is 0.500. The lowest BCUT2D eigenvalue weighted by atomic mass is 11.3. The van der Waals surface area contributed by atoms with Gasteiger partial charge >= 0.3 is 7.80 Å². The van der Waals surface area contributed by atoms with E-state index in [-0.39, 0.29) is 0 Å². The molecule has 3 heteroatoms.